The van der Waals surface area contributed by atoms with Crippen LogP contribution in [-0.2, 0) is 9.59 Å². The molecule has 0 saturated carbocycles. The summed E-state index contributed by atoms with van der Waals surface area (Å²) in [5.74, 6) is 1.69. The molecule has 0 radical (unpaired) electrons. The van der Waals surface area contributed by atoms with Crippen molar-refractivity contribution in [1.29, 1.82) is 0 Å². The fourth-order valence-corrected chi connectivity index (χ4v) is 4.25. The van der Waals surface area contributed by atoms with Gasteiger partial charge in [-0.25, -0.2) is 0 Å². The molecule has 2 N–H and O–H groups in total. The maximum absolute atomic E-state index is 12.3. The van der Waals surface area contributed by atoms with Crippen molar-refractivity contribution in [3.8, 4) is 0 Å². The summed E-state index contributed by atoms with van der Waals surface area (Å²) in [4.78, 5) is 26.6. The number of carbonyl (C=O) groups is 2. The summed E-state index contributed by atoms with van der Waals surface area (Å²) in [6.45, 7) is 8.65. The van der Waals surface area contributed by atoms with Crippen LogP contribution >= 0.6 is 11.8 Å². The second-order valence-electron chi connectivity index (χ2n) is 8.40. The number of nitrogens with one attached hydrogen (secondary N) is 2. The number of rotatable bonds is 9. The Bertz CT molecular complexity index is 896. The molecule has 0 bridgehead atoms. The lowest BCUT2D eigenvalue weighted by molar-refractivity contribution is -0.125. The molecule has 3 rings (SSSR count). The fraction of sp³-hybridized carbons (Fsp3) is 0.500. The lowest BCUT2D eigenvalue weighted by Gasteiger charge is -2.31. The van der Waals surface area contributed by atoms with E-state index in [0.29, 0.717) is 10.9 Å². The van der Waals surface area contributed by atoms with E-state index in [4.69, 9.17) is 0 Å². The third-order valence-electron chi connectivity index (χ3n) is 5.55. The van der Waals surface area contributed by atoms with E-state index in [0.717, 1.165) is 50.4 Å². The summed E-state index contributed by atoms with van der Waals surface area (Å²) in [6, 6.07) is 11.8. The van der Waals surface area contributed by atoms with Gasteiger partial charge < -0.3 is 15.5 Å². The summed E-state index contributed by atoms with van der Waals surface area (Å²) in [5.41, 5.74) is 2.01. The lowest BCUT2D eigenvalue weighted by Crippen LogP contribution is -2.41. The van der Waals surface area contributed by atoms with Crippen LogP contribution in [0.2, 0.25) is 0 Å². The van der Waals surface area contributed by atoms with Crippen LogP contribution in [0.1, 0.15) is 51.5 Å². The van der Waals surface area contributed by atoms with Gasteiger partial charge in [-0.3, -0.25) is 9.59 Å². The molecule has 2 amide bonds. The quantitative estimate of drug-likeness (QED) is 0.554. The topological polar surface area (TPSA) is 87.2 Å². The van der Waals surface area contributed by atoms with E-state index in [2.05, 4.69) is 52.6 Å². The Morgan fingerprint density at radius 3 is 2.59 bits per heavy atom. The largest absolute Gasteiger partial charge is 0.356 e. The van der Waals surface area contributed by atoms with Crippen molar-refractivity contribution in [2.45, 2.75) is 51.0 Å². The van der Waals surface area contributed by atoms with Gasteiger partial charge >= 0.3 is 0 Å². The monoisotopic (exact) mass is 455 g/mol. The van der Waals surface area contributed by atoms with Crippen LogP contribution in [-0.4, -0.2) is 47.4 Å². The number of thioether (sulfide) groups is 1. The number of hydrogen-bond donors (Lipinski definition) is 2. The summed E-state index contributed by atoms with van der Waals surface area (Å²) in [7, 11) is 0. The summed E-state index contributed by atoms with van der Waals surface area (Å²) >= 11 is 1.37. The van der Waals surface area contributed by atoms with E-state index in [9.17, 15) is 9.59 Å². The van der Waals surface area contributed by atoms with Gasteiger partial charge in [0.1, 0.15) is 5.03 Å². The second-order valence-corrected chi connectivity index (χ2v) is 9.39. The lowest BCUT2D eigenvalue weighted by atomic mass is 9.96. The van der Waals surface area contributed by atoms with Crippen LogP contribution in [0, 0.1) is 5.92 Å². The number of hydrogen-bond acceptors (Lipinski definition) is 6. The maximum Gasteiger partial charge on any atom is 0.234 e. The van der Waals surface area contributed by atoms with Crippen molar-refractivity contribution in [2.24, 2.45) is 5.92 Å². The van der Waals surface area contributed by atoms with Crippen LogP contribution in [0.4, 0.5) is 11.5 Å². The molecule has 1 aromatic heterocycles. The summed E-state index contributed by atoms with van der Waals surface area (Å²) in [6.07, 6.45) is 2.61. The molecule has 0 unspecified atom stereocenters. The molecule has 7 nitrogen and oxygen atoms in total. The number of benzene rings is 1. The Balaban J connectivity index is 1.44. The molecule has 2 aromatic rings. The van der Waals surface area contributed by atoms with E-state index in [1.165, 1.54) is 17.3 Å². The van der Waals surface area contributed by atoms with Gasteiger partial charge in [-0.05, 0) is 55.0 Å². The van der Waals surface area contributed by atoms with Crippen molar-refractivity contribution in [2.75, 3.05) is 35.6 Å². The molecule has 0 aliphatic carbocycles. The molecule has 2 heterocycles. The first-order chi connectivity index (χ1) is 15.5. The maximum atomic E-state index is 12.3. The smallest absolute Gasteiger partial charge is 0.234 e. The summed E-state index contributed by atoms with van der Waals surface area (Å²) in [5, 5.41) is 15.3. The van der Waals surface area contributed by atoms with Crippen LogP contribution < -0.4 is 15.5 Å². The fourth-order valence-electron chi connectivity index (χ4n) is 3.63. The first kappa shape index (κ1) is 24.0. The van der Waals surface area contributed by atoms with Gasteiger partial charge in [0.2, 0.25) is 11.8 Å². The van der Waals surface area contributed by atoms with Gasteiger partial charge in [-0.15, -0.1) is 10.2 Å². The van der Waals surface area contributed by atoms with Crippen molar-refractivity contribution in [3.05, 3.63) is 42.0 Å². The SMILES string of the molecule is CCCNC(=O)C1CCN(c2ccc(SCC(=O)Nc3cccc(C(C)C)c3)nn2)CC1. The number of piperidine rings is 1. The molecule has 172 valence electrons. The first-order valence-corrected chi connectivity index (χ1v) is 12.3. The predicted molar refractivity (Wildman–Crippen MR) is 130 cm³/mol. The average molecular weight is 456 g/mol. The molecular weight excluding hydrogens is 422 g/mol. The minimum Gasteiger partial charge on any atom is -0.356 e. The van der Waals surface area contributed by atoms with E-state index in [1.54, 1.807) is 0 Å². The van der Waals surface area contributed by atoms with Crippen LogP contribution in [0.3, 0.4) is 0 Å². The first-order valence-electron chi connectivity index (χ1n) is 11.3. The van der Waals surface area contributed by atoms with Gasteiger partial charge in [0, 0.05) is 31.2 Å². The molecule has 32 heavy (non-hydrogen) atoms. The zero-order valence-corrected chi connectivity index (χ0v) is 20.0. The normalized spacial score (nSPS) is 14.4. The molecule has 1 aliphatic rings. The van der Waals surface area contributed by atoms with Crippen LogP contribution in [0.5, 0.6) is 0 Å². The highest BCUT2D eigenvalue weighted by atomic mass is 32.2. The second kappa shape index (κ2) is 11.9. The molecular formula is C24H33N5O2S. The van der Waals surface area contributed by atoms with E-state index in [-0.39, 0.29) is 23.5 Å². The molecule has 1 saturated heterocycles. The highest BCUT2D eigenvalue weighted by molar-refractivity contribution is 7.99. The Hall–Kier alpha value is -2.61. The van der Waals surface area contributed by atoms with E-state index >= 15 is 0 Å². The van der Waals surface area contributed by atoms with Crippen LogP contribution in [0.25, 0.3) is 0 Å². The minimum atomic E-state index is -0.0646. The Morgan fingerprint density at radius 2 is 1.94 bits per heavy atom. The van der Waals surface area contributed by atoms with E-state index in [1.807, 2.05) is 30.3 Å². The zero-order valence-electron chi connectivity index (χ0n) is 19.1. The third kappa shape index (κ3) is 6.95. The Labute approximate surface area is 194 Å². The Kier molecular flexibility index (Phi) is 8.90. The molecule has 1 fully saturated rings. The van der Waals surface area contributed by atoms with Gasteiger partial charge in [0.15, 0.2) is 5.82 Å². The molecule has 1 aromatic carbocycles. The van der Waals surface area contributed by atoms with Gasteiger partial charge in [0.05, 0.1) is 5.75 Å². The van der Waals surface area contributed by atoms with Crippen LogP contribution in [0.15, 0.2) is 41.4 Å². The minimum absolute atomic E-state index is 0.0646. The molecule has 0 atom stereocenters. The number of amides is 2. The molecule has 8 heteroatoms. The van der Waals surface area contributed by atoms with Crippen molar-refractivity contribution in [1.82, 2.24) is 15.5 Å². The van der Waals surface area contributed by atoms with Gasteiger partial charge in [-0.1, -0.05) is 44.7 Å². The predicted octanol–water partition coefficient (Wildman–Crippen LogP) is 4.07. The molecule has 1 aliphatic heterocycles. The number of nitrogens with zero attached hydrogens (tertiary/aromatic N) is 3. The van der Waals surface area contributed by atoms with Crippen molar-refractivity contribution in [3.63, 3.8) is 0 Å². The number of anilines is 2. The van der Waals surface area contributed by atoms with Crippen molar-refractivity contribution < 1.29 is 9.59 Å². The highest BCUT2D eigenvalue weighted by Crippen LogP contribution is 2.24. The van der Waals surface area contributed by atoms with Gasteiger partial charge in [0.25, 0.3) is 0 Å². The average Bonchev–Trinajstić information content (AvgIpc) is 2.82. The number of aromatic nitrogens is 2. The van der Waals surface area contributed by atoms with Crippen molar-refractivity contribution >= 4 is 35.1 Å². The number of carbonyl (C=O) groups excluding carboxylic acids is 2. The highest BCUT2D eigenvalue weighted by Gasteiger charge is 2.25. The molecule has 0 spiro atoms. The standard InChI is InChI=1S/C24H33N5O2S/c1-4-12-25-24(31)18-10-13-29(14-11-18)21-8-9-23(28-27-21)32-16-22(30)26-20-7-5-6-19(15-20)17(2)3/h5-9,15,17-18H,4,10-14,16H2,1-3H3,(H,25,31)(H,26,30). The van der Waals surface area contributed by atoms with E-state index < -0.39 is 0 Å². The summed E-state index contributed by atoms with van der Waals surface area (Å²) < 4.78 is 0. The zero-order chi connectivity index (χ0) is 22.9. The van der Waals surface area contributed by atoms with Gasteiger partial charge in [-0.2, -0.15) is 0 Å². The third-order valence-corrected chi connectivity index (χ3v) is 6.47. The Morgan fingerprint density at radius 1 is 1.16 bits per heavy atom.